The minimum absolute atomic E-state index is 0.256. The highest BCUT2D eigenvalue weighted by molar-refractivity contribution is 6.05. The molecule has 0 bridgehead atoms. The summed E-state index contributed by atoms with van der Waals surface area (Å²) in [7, 11) is 1.49. The summed E-state index contributed by atoms with van der Waals surface area (Å²) in [5, 5.41) is 10.9. The second kappa shape index (κ2) is 6.19. The van der Waals surface area contributed by atoms with Crippen LogP contribution in [0.15, 0.2) is 70.9 Å². The standard InChI is InChI=1S/C16H14N4O2/c1-22-20-15(13-8-4-2-5-9-13)18-19(12-17-20)16(21)14-10-6-3-7-11-14/h2-12H,1H3. The van der Waals surface area contributed by atoms with Crippen LogP contribution < -0.4 is 0 Å². The molecule has 3 rings (SSSR count). The zero-order valence-corrected chi connectivity index (χ0v) is 12.0. The number of amides is 1. The van der Waals surface area contributed by atoms with Crippen molar-refractivity contribution in [3.63, 3.8) is 0 Å². The van der Waals surface area contributed by atoms with Gasteiger partial charge in [-0.3, -0.25) is 9.63 Å². The van der Waals surface area contributed by atoms with Gasteiger partial charge in [-0.25, -0.2) is 0 Å². The molecular formula is C16H14N4O2. The third kappa shape index (κ3) is 2.72. The largest absolute Gasteiger partial charge is 0.279 e. The third-order valence-corrected chi connectivity index (χ3v) is 3.08. The van der Waals surface area contributed by atoms with Gasteiger partial charge in [0.1, 0.15) is 6.34 Å². The molecular weight excluding hydrogens is 280 g/mol. The van der Waals surface area contributed by atoms with Crippen molar-refractivity contribution in [2.24, 2.45) is 10.2 Å². The summed E-state index contributed by atoms with van der Waals surface area (Å²) in [6.07, 6.45) is 1.32. The molecule has 0 saturated carbocycles. The highest BCUT2D eigenvalue weighted by Gasteiger charge is 2.23. The van der Waals surface area contributed by atoms with Gasteiger partial charge in [0.2, 0.25) is 5.84 Å². The fraction of sp³-hybridized carbons (Fsp3) is 0.0625. The van der Waals surface area contributed by atoms with Crippen LogP contribution >= 0.6 is 0 Å². The van der Waals surface area contributed by atoms with Gasteiger partial charge in [0, 0.05) is 11.1 Å². The quantitative estimate of drug-likeness (QED) is 0.873. The van der Waals surface area contributed by atoms with Gasteiger partial charge in [-0.1, -0.05) is 48.5 Å². The maximum atomic E-state index is 12.4. The van der Waals surface area contributed by atoms with Gasteiger partial charge in [0.25, 0.3) is 5.91 Å². The molecule has 6 nitrogen and oxygen atoms in total. The van der Waals surface area contributed by atoms with Gasteiger partial charge in [-0.15, -0.1) is 15.4 Å². The van der Waals surface area contributed by atoms with Crippen LogP contribution in [0.3, 0.4) is 0 Å². The number of hydroxylamine groups is 1. The van der Waals surface area contributed by atoms with Gasteiger partial charge < -0.3 is 0 Å². The van der Waals surface area contributed by atoms with Crippen LogP contribution in [0.2, 0.25) is 0 Å². The summed E-state index contributed by atoms with van der Waals surface area (Å²) in [4.78, 5) is 17.6. The van der Waals surface area contributed by atoms with Crippen LogP contribution in [0.5, 0.6) is 0 Å². The average molecular weight is 294 g/mol. The molecule has 2 aromatic rings. The second-order valence-electron chi connectivity index (χ2n) is 4.49. The van der Waals surface area contributed by atoms with Crippen LogP contribution in [0, 0.1) is 0 Å². The van der Waals surface area contributed by atoms with E-state index in [1.54, 1.807) is 24.3 Å². The SMILES string of the molecule is CON1N=CN(C(=O)c2ccccc2)N=C1c1ccccc1. The van der Waals surface area contributed by atoms with E-state index < -0.39 is 0 Å². The Morgan fingerprint density at radius 2 is 1.64 bits per heavy atom. The van der Waals surface area contributed by atoms with Crippen LogP contribution in [0.25, 0.3) is 0 Å². The Balaban J connectivity index is 1.94. The van der Waals surface area contributed by atoms with E-state index in [0.717, 1.165) is 5.56 Å². The first-order chi connectivity index (χ1) is 10.8. The minimum Gasteiger partial charge on any atom is -0.267 e. The van der Waals surface area contributed by atoms with Crippen molar-refractivity contribution in [3.8, 4) is 0 Å². The first kappa shape index (κ1) is 14.0. The molecule has 0 spiro atoms. The number of carbonyl (C=O) groups excluding carboxylic acids is 1. The molecule has 22 heavy (non-hydrogen) atoms. The van der Waals surface area contributed by atoms with E-state index in [1.165, 1.54) is 23.6 Å². The van der Waals surface area contributed by atoms with E-state index in [1.807, 2.05) is 36.4 Å². The first-order valence-corrected chi connectivity index (χ1v) is 6.70. The van der Waals surface area contributed by atoms with E-state index in [4.69, 9.17) is 4.84 Å². The maximum Gasteiger partial charge on any atom is 0.279 e. The predicted molar refractivity (Wildman–Crippen MR) is 82.9 cm³/mol. The lowest BCUT2D eigenvalue weighted by Crippen LogP contribution is -2.37. The fourth-order valence-electron chi connectivity index (χ4n) is 2.02. The third-order valence-electron chi connectivity index (χ3n) is 3.08. The number of benzene rings is 2. The molecule has 1 aliphatic heterocycles. The number of nitrogens with zero attached hydrogens (tertiary/aromatic N) is 4. The molecule has 0 fully saturated rings. The van der Waals surface area contributed by atoms with E-state index >= 15 is 0 Å². The van der Waals surface area contributed by atoms with Gasteiger partial charge in [-0.2, -0.15) is 5.01 Å². The van der Waals surface area contributed by atoms with Crippen LogP contribution in [0.1, 0.15) is 15.9 Å². The summed E-state index contributed by atoms with van der Waals surface area (Å²) in [6.45, 7) is 0. The predicted octanol–water partition coefficient (Wildman–Crippen LogP) is 2.31. The molecule has 2 aromatic carbocycles. The average Bonchev–Trinajstić information content (AvgIpc) is 2.62. The van der Waals surface area contributed by atoms with E-state index in [2.05, 4.69) is 10.2 Å². The van der Waals surface area contributed by atoms with Crippen molar-refractivity contribution in [2.75, 3.05) is 7.11 Å². The summed E-state index contributed by atoms with van der Waals surface area (Å²) >= 11 is 0. The molecule has 0 aliphatic carbocycles. The molecule has 0 aromatic heterocycles. The summed E-state index contributed by atoms with van der Waals surface area (Å²) < 4.78 is 0. The molecule has 0 unspecified atom stereocenters. The summed E-state index contributed by atoms with van der Waals surface area (Å²) in [5.74, 6) is 0.184. The molecule has 6 heteroatoms. The number of hydrazone groups is 2. The van der Waals surface area contributed by atoms with Gasteiger partial charge in [0.15, 0.2) is 0 Å². The van der Waals surface area contributed by atoms with Gasteiger partial charge in [0.05, 0.1) is 7.11 Å². The Labute approximate surface area is 127 Å². The fourth-order valence-corrected chi connectivity index (χ4v) is 2.02. The highest BCUT2D eigenvalue weighted by Crippen LogP contribution is 2.13. The number of hydrogen-bond donors (Lipinski definition) is 0. The molecule has 0 radical (unpaired) electrons. The van der Waals surface area contributed by atoms with Crippen molar-refractivity contribution in [1.29, 1.82) is 0 Å². The molecule has 0 saturated heterocycles. The Morgan fingerprint density at radius 3 is 2.27 bits per heavy atom. The summed E-state index contributed by atoms with van der Waals surface area (Å²) in [5.41, 5.74) is 1.34. The van der Waals surface area contributed by atoms with Crippen LogP contribution in [0.4, 0.5) is 0 Å². The maximum absolute atomic E-state index is 12.4. The molecule has 0 N–H and O–H groups in total. The Morgan fingerprint density at radius 1 is 1.00 bits per heavy atom. The normalized spacial score (nSPS) is 14.0. The first-order valence-electron chi connectivity index (χ1n) is 6.70. The second-order valence-corrected chi connectivity index (χ2v) is 4.49. The number of carbonyl (C=O) groups is 1. The molecule has 0 atom stereocenters. The van der Waals surface area contributed by atoms with Crippen molar-refractivity contribution in [1.82, 2.24) is 10.2 Å². The topological polar surface area (TPSA) is 57.5 Å². The van der Waals surface area contributed by atoms with E-state index in [-0.39, 0.29) is 5.91 Å². The number of hydrogen-bond acceptors (Lipinski definition) is 5. The lowest BCUT2D eigenvalue weighted by molar-refractivity contribution is -0.0663. The molecule has 110 valence electrons. The van der Waals surface area contributed by atoms with Gasteiger partial charge in [-0.05, 0) is 12.1 Å². The number of rotatable bonds is 3. The zero-order valence-electron chi connectivity index (χ0n) is 12.0. The lowest BCUT2D eigenvalue weighted by atomic mass is 10.2. The highest BCUT2D eigenvalue weighted by atomic mass is 16.7. The van der Waals surface area contributed by atoms with Gasteiger partial charge >= 0.3 is 0 Å². The Hall–Kier alpha value is -2.99. The van der Waals surface area contributed by atoms with Crippen LogP contribution in [-0.2, 0) is 4.84 Å². The van der Waals surface area contributed by atoms with Crippen molar-refractivity contribution in [2.45, 2.75) is 0 Å². The van der Waals surface area contributed by atoms with Crippen molar-refractivity contribution >= 4 is 18.1 Å². The molecule has 1 heterocycles. The zero-order chi connectivity index (χ0) is 15.4. The van der Waals surface area contributed by atoms with Crippen molar-refractivity contribution in [3.05, 3.63) is 71.8 Å². The smallest absolute Gasteiger partial charge is 0.267 e. The monoisotopic (exact) mass is 294 g/mol. The number of amidine groups is 1. The van der Waals surface area contributed by atoms with Crippen LogP contribution in [-0.4, -0.2) is 35.4 Å². The lowest BCUT2D eigenvalue weighted by Gasteiger charge is -2.24. The molecule has 1 aliphatic rings. The van der Waals surface area contributed by atoms with E-state index in [0.29, 0.717) is 11.4 Å². The minimum atomic E-state index is -0.256. The van der Waals surface area contributed by atoms with E-state index in [9.17, 15) is 4.79 Å². The molecule has 1 amide bonds. The van der Waals surface area contributed by atoms with Crippen molar-refractivity contribution < 1.29 is 9.63 Å². The Bertz CT molecular complexity index is 713. The Kier molecular flexibility index (Phi) is 3.93. The summed E-state index contributed by atoms with van der Waals surface area (Å²) in [6, 6.07) is 18.3.